The van der Waals surface area contributed by atoms with Crippen LogP contribution in [0.2, 0.25) is 0 Å². The van der Waals surface area contributed by atoms with Crippen LogP contribution in [0.5, 0.6) is 0 Å². The Morgan fingerprint density at radius 1 is 1.06 bits per heavy atom. The van der Waals surface area contributed by atoms with E-state index in [1.165, 1.54) is 44.6 Å². The average molecular weight is 229 g/mol. The van der Waals surface area contributed by atoms with Gasteiger partial charge in [-0.05, 0) is 85.5 Å². The van der Waals surface area contributed by atoms with Crippen molar-refractivity contribution in [1.29, 1.82) is 0 Å². The van der Waals surface area contributed by atoms with Crippen LogP contribution in [-0.4, -0.2) is 0 Å². The topological polar surface area (TPSA) is 0 Å². The van der Waals surface area contributed by atoms with Gasteiger partial charge in [-0.25, -0.2) is 4.39 Å². The molecule has 0 N–H and O–H groups in total. The molecule has 89 valence electrons. The van der Waals surface area contributed by atoms with Gasteiger partial charge in [0.05, 0.1) is 0 Å². The largest absolute Gasteiger partial charge is 0.207 e. The third-order valence-electron chi connectivity index (χ3n) is 5.37. The summed E-state index contributed by atoms with van der Waals surface area (Å²) in [5, 5.41) is 0. The summed E-state index contributed by atoms with van der Waals surface area (Å²) in [6.07, 6.45) is 8.19. The van der Waals surface area contributed by atoms with Crippen molar-refractivity contribution in [2.45, 2.75) is 43.9 Å². The molecule has 0 aromatic heterocycles. The molecule has 17 heavy (non-hydrogen) atoms. The molecule has 0 heterocycles. The van der Waals surface area contributed by atoms with Gasteiger partial charge in [-0.15, -0.1) is 0 Å². The third-order valence-corrected chi connectivity index (χ3v) is 5.37. The fraction of sp³-hybridized carbons (Fsp3) is 0.625. The quantitative estimate of drug-likeness (QED) is 0.680. The van der Waals surface area contributed by atoms with Crippen LogP contribution in [-0.2, 0) is 5.41 Å². The maximum atomic E-state index is 13.4. The lowest BCUT2D eigenvalue weighted by Crippen LogP contribution is -2.48. The van der Waals surface area contributed by atoms with E-state index in [0.717, 1.165) is 23.3 Å². The standard InChI is InChI=1S/C16H18F/c17-15-3-1-2-14(7-15)16-8-11-4-12(9-16)6-13(5-11)10-16/h1,3,7,11-13H,4-6,8-10H2. The van der Waals surface area contributed by atoms with Gasteiger partial charge in [-0.3, -0.25) is 0 Å². The highest BCUT2D eigenvalue weighted by Gasteiger charge is 2.51. The minimum absolute atomic E-state index is 0.0884. The summed E-state index contributed by atoms with van der Waals surface area (Å²) >= 11 is 0. The van der Waals surface area contributed by atoms with Gasteiger partial charge < -0.3 is 0 Å². The highest BCUT2D eigenvalue weighted by atomic mass is 19.1. The monoisotopic (exact) mass is 229 g/mol. The Morgan fingerprint density at radius 3 is 2.18 bits per heavy atom. The minimum Gasteiger partial charge on any atom is -0.207 e. The molecule has 0 unspecified atom stereocenters. The molecule has 0 amide bonds. The maximum absolute atomic E-state index is 13.4. The second kappa shape index (κ2) is 3.34. The summed E-state index contributed by atoms with van der Waals surface area (Å²) < 4.78 is 13.4. The van der Waals surface area contributed by atoms with E-state index in [1.807, 2.05) is 0 Å². The lowest BCUT2D eigenvalue weighted by molar-refractivity contribution is -0.00543. The van der Waals surface area contributed by atoms with Gasteiger partial charge in [-0.1, -0.05) is 6.07 Å². The molecule has 0 spiro atoms. The normalized spacial score (nSPS) is 43.0. The Hall–Kier alpha value is -0.850. The molecule has 0 nitrogen and oxygen atoms in total. The number of benzene rings is 1. The van der Waals surface area contributed by atoms with Gasteiger partial charge in [0.1, 0.15) is 5.82 Å². The van der Waals surface area contributed by atoms with Crippen molar-refractivity contribution in [3.63, 3.8) is 0 Å². The summed E-state index contributed by atoms with van der Waals surface area (Å²) in [4.78, 5) is 0. The molecule has 4 bridgehead atoms. The summed E-state index contributed by atoms with van der Waals surface area (Å²) in [7, 11) is 0. The summed E-state index contributed by atoms with van der Waals surface area (Å²) in [6.45, 7) is 0. The van der Waals surface area contributed by atoms with Crippen LogP contribution in [0, 0.1) is 29.6 Å². The van der Waals surface area contributed by atoms with E-state index in [4.69, 9.17) is 0 Å². The summed E-state index contributed by atoms with van der Waals surface area (Å²) in [5.74, 6) is 2.66. The molecule has 1 aromatic rings. The second-order valence-electron chi connectivity index (χ2n) is 6.62. The molecule has 4 aliphatic carbocycles. The highest BCUT2D eigenvalue weighted by molar-refractivity contribution is 5.28. The molecule has 0 atom stereocenters. The molecule has 4 saturated carbocycles. The smallest absolute Gasteiger partial charge is 0.123 e. The molecule has 0 saturated heterocycles. The van der Waals surface area contributed by atoms with E-state index in [0.29, 0.717) is 0 Å². The predicted molar refractivity (Wildman–Crippen MR) is 65.1 cm³/mol. The number of hydrogen-bond acceptors (Lipinski definition) is 0. The maximum Gasteiger partial charge on any atom is 0.123 e. The first kappa shape index (κ1) is 10.1. The average Bonchev–Trinajstić information content (AvgIpc) is 2.27. The lowest BCUT2D eigenvalue weighted by Gasteiger charge is -2.57. The lowest BCUT2D eigenvalue weighted by atomic mass is 9.48. The fourth-order valence-electron chi connectivity index (χ4n) is 5.19. The Bertz CT molecular complexity index is 413. The Kier molecular flexibility index (Phi) is 1.98. The van der Waals surface area contributed by atoms with E-state index < -0.39 is 0 Å². The van der Waals surface area contributed by atoms with E-state index in [2.05, 4.69) is 6.07 Å². The van der Waals surface area contributed by atoms with Crippen molar-refractivity contribution in [3.8, 4) is 0 Å². The van der Waals surface area contributed by atoms with Crippen molar-refractivity contribution in [1.82, 2.24) is 0 Å². The zero-order valence-corrected chi connectivity index (χ0v) is 10.1. The van der Waals surface area contributed by atoms with Crippen molar-refractivity contribution in [2.24, 2.45) is 17.8 Å². The molecule has 5 rings (SSSR count). The Morgan fingerprint density at radius 2 is 1.65 bits per heavy atom. The molecule has 1 aromatic carbocycles. The van der Waals surface area contributed by atoms with Gasteiger partial charge in [0.2, 0.25) is 0 Å². The van der Waals surface area contributed by atoms with Crippen LogP contribution in [0.15, 0.2) is 18.2 Å². The van der Waals surface area contributed by atoms with Gasteiger partial charge in [0, 0.05) is 0 Å². The molecule has 4 aliphatic rings. The van der Waals surface area contributed by atoms with E-state index in [9.17, 15) is 4.39 Å². The van der Waals surface area contributed by atoms with E-state index in [1.54, 1.807) is 12.1 Å². The summed E-state index contributed by atoms with van der Waals surface area (Å²) in [5.41, 5.74) is 1.45. The number of halogens is 1. The Labute approximate surface area is 102 Å². The fourth-order valence-corrected chi connectivity index (χ4v) is 5.19. The molecule has 1 radical (unpaired) electrons. The van der Waals surface area contributed by atoms with Gasteiger partial charge in [-0.2, -0.15) is 0 Å². The minimum atomic E-state index is -0.0884. The zero-order chi connectivity index (χ0) is 11.5. The van der Waals surface area contributed by atoms with Crippen LogP contribution in [0.1, 0.15) is 44.1 Å². The molecule has 4 fully saturated rings. The molecular formula is C16H18F. The van der Waals surface area contributed by atoms with Crippen molar-refractivity contribution >= 4 is 0 Å². The molecule has 0 aliphatic heterocycles. The van der Waals surface area contributed by atoms with Crippen LogP contribution < -0.4 is 0 Å². The second-order valence-corrected chi connectivity index (χ2v) is 6.62. The van der Waals surface area contributed by atoms with E-state index in [-0.39, 0.29) is 11.2 Å². The van der Waals surface area contributed by atoms with Crippen LogP contribution in [0.4, 0.5) is 4.39 Å². The first-order chi connectivity index (χ1) is 8.23. The van der Waals surface area contributed by atoms with Crippen LogP contribution >= 0.6 is 0 Å². The number of hydrogen-bond donors (Lipinski definition) is 0. The first-order valence-electron chi connectivity index (χ1n) is 6.91. The highest BCUT2D eigenvalue weighted by Crippen LogP contribution is 2.60. The van der Waals surface area contributed by atoms with Gasteiger partial charge in [0.15, 0.2) is 0 Å². The molecule has 1 heteroatoms. The number of rotatable bonds is 1. The van der Waals surface area contributed by atoms with Crippen molar-refractivity contribution < 1.29 is 4.39 Å². The predicted octanol–water partition coefficient (Wildman–Crippen LogP) is 4.09. The SMILES string of the molecule is Fc1cc[c]c(C23CC4CC(CC(C4)C2)C3)c1. The zero-order valence-electron chi connectivity index (χ0n) is 10.1. The van der Waals surface area contributed by atoms with Crippen LogP contribution in [0.25, 0.3) is 0 Å². The summed E-state index contributed by atoms with van der Waals surface area (Å²) in [6, 6.07) is 8.35. The molecular weight excluding hydrogens is 211 g/mol. The van der Waals surface area contributed by atoms with Gasteiger partial charge >= 0.3 is 0 Å². The first-order valence-corrected chi connectivity index (χ1v) is 6.91. The van der Waals surface area contributed by atoms with Crippen LogP contribution in [0.3, 0.4) is 0 Å². The Balaban J connectivity index is 1.77. The third kappa shape index (κ3) is 1.47. The van der Waals surface area contributed by atoms with Crippen molar-refractivity contribution in [3.05, 3.63) is 35.6 Å². The van der Waals surface area contributed by atoms with Crippen molar-refractivity contribution in [2.75, 3.05) is 0 Å². The van der Waals surface area contributed by atoms with E-state index >= 15 is 0 Å². The van der Waals surface area contributed by atoms with Gasteiger partial charge in [0.25, 0.3) is 0 Å².